The Morgan fingerprint density at radius 2 is 1.00 bits per heavy atom. The Labute approximate surface area is 205 Å². The van der Waals surface area contributed by atoms with Crippen molar-refractivity contribution in [1.29, 1.82) is 0 Å². The van der Waals surface area contributed by atoms with E-state index in [1.807, 2.05) is 44.2 Å². The van der Waals surface area contributed by atoms with Gasteiger partial charge in [-0.15, -0.1) is 0 Å². The molecule has 0 N–H and O–H groups in total. The van der Waals surface area contributed by atoms with Crippen molar-refractivity contribution < 1.29 is 18.9 Å². The lowest BCUT2D eigenvalue weighted by Gasteiger charge is -2.12. The molecule has 0 radical (unpaired) electrons. The Balaban J connectivity index is 1.84. The standard InChI is InChI=1S/C29H29O4S/c1-5-32-26-16-11-22(17-27(26)33-6-2)23-18-28(20-7-12-24(30-3)13-8-20)34-29(19-23)21-9-14-25(31-4)15-10-21/h7-19H,5-6H2,1-4H3/q+1. The van der Waals surface area contributed by atoms with Crippen LogP contribution in [0.4, 0.5) is 0 Å². The monoisotopic (exact) mass is 473 g/mol. The highest BCUT2D eigenvalue weighted by molar-refractivity contribution is 7.18. The van der Waals surface area contributed by atoms with Crippen LogP contribution in [0.3, 0.4) is 0 Å². The molecule has 0 saturated carbocycles. The van der Waals surface area contributed by atoms with Crippen molar-refractivity contribution in [2.24, 2.45) is 0 Å². The highest BCUT2D eigenvalue weighted by atomic mass is 32.1. The predicted octanol–water partition coefficient (Wildman–Crippen LogP) is 7.84. The highest BCUT2D eigenvalue weighted by Crippen LogP contribution is 2.40. The summed E-state index contributed by atoms with van der Waals surface area (Å²) in [7, 11) is 3.36. The third-order valence-electron chi connectivity index (χ3n) is 5.42. The van der Waals surface area contributed by atoms with Crippen molar-refractivity contribution in [3.05, 3.63) is 78.9 Å². The average Bonchev–Trinajstić information content (AvgIpc) is 2.90. The molecule has 1 aromatic heterocycles. The number of benzene rings is 3. The Hall–Kier alpha value is -3.57. The molecule has 1 heterocycles. The fourth-order valence-electron chi connectivity index (χ4n) is 3.69. The van der Waals surface area contributed by atoms with Gasteiger partial charge in [-0.05, 0) is 85.6 Å². The van der Waals surface area contributed by atoms with Crippen molar-refractivity contribution in [3.63, 3.8) is 0 Å². The summed E-state index contributed by atoms with van der Waals surface area (Å²) in [6.45, 7) is 5.13. The molecule has 0 aliphatic carbocycles. The van der Waals surface area contributed by atoms with Crippen molar-refractivity contribution in [2.75, 3.05) is 27.4 Å². The highest BCUT2D eigenvalue weighted by Gasteiger charge is 2.20. The van der Waals surface area contributed by atoms with Crippen LogP contribution in [-0.2, 0) is 0 Å². The summed E-state index contributed by atoms with van der Waals surface area (Å²) in [5, 5.41) is 0. The molecule has 0 aliphatic rings. The van der Waals surface area contributed by atoms with E-state index in [0.717, 1.165) is 55.0 Å². The first-order chi connectivity index (χ1) is 16.6. The van der Waals surface area contributed by atoms with E-state index in [9.17, 15) is 0 Å². The Morgan fingerprint density at radius 1 is 0.529 bits per heavy atom. The second-order valence-corrected chi connectivity index (χ2v) is 8.64. The van der Waals surface area contributed by atoms with E-state index >= 15 is 0 Å². The van der Waals surface area contributed by atoms with Crippen LogP contribution in [0.25, 0.3) is 32.0 Å². The van der Waals surface area contributed by atoms with Crippen LogP contribution in [0.2, 0.25) is 0 Å². The summed E-state index contributed by atoms with van der Waals surface area (Å²) in [4.78, 5) is 2.33. The number of hydrogen-bond donors (Lipinski definition) is 0. The molecule has 34 heavy (non-hydrogen) atoms. The third-order valence-corrected chi connectivity index (χ3v) is 6.57. The third kappa shape index (κ3) is 5.32. The quantitative estimate of drug-likeness (QED) is 0.232. The molecule has 0 atom stereocenters. The van der Waals surface area contributed by atoms with E-state index in [2.05, 4.69) is 48.5 Å². The van der Waals surface area contributed by atoms with Gasteiger partial charge in [0.2, 0.25) is 21.1 Å². The summed E-state index contributed by atoms with van der Waals surface area (Å²) in [5.74, 6) is 3.20. The maximum Gasteiger partial charge on any atom is 0.239 e. The largest absolute Gasteiger partial charge is 0.497 e. The van der Waals surface area contributed by atoms with E-state index in [1.165, 1.54) is 0 Å². The van der Waals surface area contributed by atoms with E-state index in [0.29, 0.717) is 13.2 Å². The molecule has 174 valence electrons. The first-order valence-electron chi connectivity index (χ1n) is 11.3. The zero-order valence-electron chi connectivity index (χ0n) is 20.0. The second kappa shape index (κ2) is 11.0. The fourth-order valence-corrected chi connectivity index (χ4v) is 4.81. The van der Waals surface area contributed by atoms with Gasteiger partial charge < -0.3 is 18.9 Å². The predicted molar refractivity (Wildman–Crippen MR) is 140 cm³/mol. The number of methoxy groups -OCH3 is 2. The molecule has 0 bridgehead atoms. The van der Waals surface area contributed by atoms with Gasteiger partial charge in [-0.1, -0.05) is 6.07 Å². The van der Waals surface area contributed by atoms with Crippen LogP contribution < -0.4 is 18.9 Å². The SMILES string of the molecule is CCOc1ccc(-c2cc(-c3ccc(OC)cc3)[s+]c(-c3ccc(OC)cc3)c2)cc1OCC. The van der Waals surface area contributed by atoms with Gasteiger partial charge in [-0.2, -0.15) is 0 Å². The number of hydrogen-bond acceptors (Lipinski definition) is 4. The molecule has 0 aliphatic heterocycles. The summed E-state index contributed by atoms with van der Waals surface area (Å²) in [5.41, 5.74) is 4.46. The number of rotatable bonds is 9. The zero-order valence-corrected chi connectivity index (χ0v) is 20.8. The molecule has 0 fully saturated rings. The Kier molecular flexibility index (Phi) is 7.65. The molecule has 0 spiro atoms. The minimum atomic E-state index is 0.578. The minimum absolute atomic E-state index is 0.578. The first-order valence-corrected chi connectivity index (χ1v) is 12.1. The topological polar surface area (TPSA) is 36.9 Å². The van der Waals surface area contributed by atoms with E-state index in [1.54, 1.807) is 25.6 Å². The average molecular weight is 474 g/mol. The molecule has 4 nitrogen and oxygen atoms in total. The molecular formula is C29H29O4S+. The molecule has 0 unspecified atom stereocenters. The van der Waals surface area contributed by atoms with Gasteiger partial charge in [0.15, 0.2) is 11.5 Å². The maximum absolute atomic E-state index is 5.88. The van der Waals surface area contributed by atoms with Gasteiger partial charge in [-0.25, -0.2) is 0 Å². The van der Waals surface area contributed by atoms with Gasteiger partial charge >= 0.3 is 0 Å². The van der Waals surface area contributed by atoms with Crippen LogP contribution in [0.1, 0.15) is 13.8 Å². The zero-order chi connectivity index (χ0) is 23.9. The number of ether oxygens (including phenoxy) is 4. The summed E-state index contributed by atoms with van der Waals surface area (Å²) in [6.07, 6.45) is 0. The molecule has 0 saturated heterocycles. The summed E-state index contributed by atoms with van der Waals surface area (Å²) >= 11 is 1.75. The van der Waals surface area contributed by atoms with Crippen molar-refractivity contribution in [3.8, 4) is 55.0 Å². The smallest absolute Gasteiger partial charge is 0.239 e. The Bertz CT molecular complexity index is 1170. The summed E-state index contributed by atoms with van der Waals surface area (Å²) < 4.78 is 22.3. The van der Waals surface area contributed by atoms with Crippen molar-refractivity contribution in [2.45, 2.75) is 13.8 Å². The van der Waals surface area contributed by atoms with Crippen LogP contribution in [0.15, 0.2) is 78.9 Å². The maximum atomic E-state index is 5.88. The van der Waals surface area contributed by atoms with Gasteiger partial charge in [-0.3, -0.25) is 0 Å². The molecule has 4 aromatic rings. The minimum Gasteiger partial charge on any atom is -0.497 e. The van der Waals surface area contributed by atoms with Crippen molar-refractivity contribution >= 4 is 11.3 Å². The van der Waals surface area contributed by atoms with Crippen LogP contribution in [0.5, 0.6) is 23.0 Å². The van der Waals surface area contributed by atoms with Gasteiger partial charge in [0, 0.05) is 23.3 Å². The molecule has 0 amide bonds. The van der Waals surface area contributed by atoms with E-state index < -0.39 is 0 Å². The summed E-state index contributed by atoms with van der Waals surface area (Å²) in [6, 6.07) is 26.9. The lowest BCUT2D eigenvalue weighted by molar-refractivity contribution is 0.288. The van der Waals surface area contributed by atoms with E-state index in [-0.39, 0.29) is 0 Å². The molecular weight excluding hydrogens is 444 g/mol. The molecule has 4 rings (SSSR count). The molecule has 3 aromatic carbocycles. The lowest BCUT2D eigenvalue weighted by Crippen LogP contribution is -1.98. The molecule has 5 heteroatoms. The Morgan fingerprint density at radius 3 is 1.47 bits per heavy atom. The van der Waals surface area contributed by atoms with Crippen molar-refractivity contribution in [1.82, 2.24) is 0 Å². The first kappa shape index (κ1) is 23.6. The van der Waals surface area contributed by atoms with Crippen LogP contribution >= 0.6 is 11.3 Å². The van der Waals surface area contributed by atoms with Gasteiger partial charge in [0.25, 0.3) is 0 Å². The fraction of sp³-hybridized carbons (Fsp3) is 0.207. The van der Waals surface area contributed by atoms with Crippen LogP contribution in [-0.4, -0.2) is 27.4 Å². The van der Waals surface area contributed by atoms with Gasteiger partial charge in [0.05, 0.1) is 27.4 Å². The van der Waals surface area contributed by atoms with E-state index in [4.69, 9.17) is 18.9 Å². The lowest BCUT2D eigenvalue weighted by atomic mass is 10.0. The second-order valence-electron chi connectivity index (χ2n) is 7.56. The van der Waals surface area contributed by atoms with Gasteiger partial charge in [0.1, 0.15) is 11.5 Å². The normalized spacial score (nSPS) is 10.6. The van der Waals surface area contributed by atoms with Crippen LogP contribution in [0, 0.1) is 0 Å².